The van der Waals surface area contributed by atoms with Gasteiger partial charge >= 0.3 is 0 Å². The van der Waals surface area contributed by atoms with Crippen LogP contribution in [-0.2, 0) is 0 Å². The molecule has 0 amide bonds. The summed E-state index contributed by atoms with van der Waals surface area (Å²) < 4.78 is 0.863. The van der Waals surface area contributed by atoms with Crippen LogP contribution in [0, 0.1) is 0 Å². The Labute approximate surface area is 195 Å². The molecular formula is C23H24BrClN4S. The molecule has 3 aromatic rings. The Morgan fingerprint density at radius 3 is 2.73 bits per heavy atom. The van der Waals surface area contributed by atoms with Gasteiger partial charge in [0.25, 0.3) is 0 Å². The van der Waals surface area contributed by atoms with Gasteiger partial charge in [0.05, 0.1) is 5.02 Å². The first-order valence-electron chi connectivity index (χ1n) is 10.4. The van der Waals surface area contributed by atoms with Gasteiger partial charge in [-0.3, -0.25) is 0 Å². The van der Waals surface area contributed by atoms with E-state index in [0.717, 1.165) is 21.9 Å². The average molecular weight is 504 g/mol. The van der Waals surface area contributed by atoms with Crippen molar-refractivity contribution in [1.29, 1.82) is 0 Å². The van der Waals surface area contributed by atoms with Crippen molar-refractivity contribution in [3.8, 4) is 0 Å². The molecule has 2 aliphatic rings. The molecule has 3 N–H and O–H groups in total. The first-order valence-corrected chi connectivity index (χ1v) is 12.0. The zero-order chi connectivity index (χ0) is 20.7. The summed E-state index contributed by atoms with van der Waals surface area (Å²) >= 11 is 15.1. The fourth-order valence-corrected chi connectivity index (χ4v) is 5.59. The van der Waals surface area contributed by atoms with Crippen LogP contribution < -0.4 is 10.6 Å². The molecule has 7 heteroatoms. The van der Waals surface area contributed by atoms with Gasteiger partial charge in [0.2, 0.25) is 0 Å². The molecule has 0 bridgehead atoms. The van der Waals surface area contributed by atoms with Gasteiger partial charge in [0, 0.05) is 39.0 Å². The molecule has 2 atom stereocenters. The summed E-state index contributed by atoms with van der Waals surface area (Å²) in [6.45, 7) is 2.51. The third-order valence-electron chi connectivity index (χ3n) is 6.41. The minimum atomic E-state index is 0.545. The van der Waals surface area contributed by atoms with Crippen LogP contribution in [0.15, 0.2) is 47.1 Å². The van der Waals surface area contributed by atoms with E-state index >= 15 is 0 Å². The highest BCUT2D eigenvalue weighted by Gasteiger charge is 2.33. The van der Waals surface area contributed by atoms with Crippen molar-refractivity contribution in [3.05, 3.63) is 57.7 Å². The summed E-state index contributed by atoms with van der Waals surface area (Å²) in [7, 11) is 0. The molecule has 2 fully saturated rings. The Hall–Kier alpha value is -1.60. The normalized spacial score (nSPS) is 21.5. The second-order valence-corrected chi connectivity index (χ2v) is 9.94. The Bertz CT molecular complexity index is 1100. The van der Waals surface area contributed by atoms with Crippen molar-refractivity contribution in [2.75, 3.05) is 23.7 Å². The van der Waals surface area contributed by atoms with Crippen LogP contribution in [0.2, 0.25) is 5.02 Å². The Balaban J connectivity index is 1.32. The number of aromatic nitrogens is 1. The van der Waals surface area contributed by atoms with Gasteiger partial charge in [-0.25, -0.2) is 0 Å². The Morgan fingerprint density at radius 1 is 1.10 bits per heavy atom. The van der Waals surface area contributed by atoms with E-state index in [9.17, 15) is 0 Å². The molecule has 0 spiro atoms. The molecule has 0 radical (unpaired) electrons. The van der Waals surface area contributed by atoms with Crippen LogP contribution in [0.1, 0.15) is 37.2 Å². The Morgan fingerprint density at radius 2 is 1.90 bits per heavy atom. The number of benzene rings is 2. The van der Waals surface area contributed by atoms with E-state index in [4.69, 9.17) is 23.8 Å². The van der Waals surface area contributed by atoms with Crippen LogP contribution in [0.25, 0.3) is 10.9 Å². The first kappa shape index (κ1) is 20.3. The van der Waals surface area contributed by atoms with E-state index in [-0.39, 0.29) is 0 Å². The number of H-pyrrole nitrogens is 1. The second kappa shape index (κ2) is 8.50. The van der Waals surface area contributed by atoms with Crippen LogP contribution >= 0.6 is 39.7 Å². The first-order chi connectivity index (χ1) is 14.6. The number of thiocarbonyl (C=S) groups is 1. The van der Waals surface area contributed by atoms with Crippen molar-refractivity contribution in [3.63, 3.8) is 0 Å². The predicted molar refractivity (Wildman–Crippen MR) is 134 cm³/mol. The molecule has 2 saturated heterocycles. The number of piperidine rings is 1. The molecule has 30 heavy (non-hydrogen) atoms. The zero-order valence-corrected chi connectivity index (χ0v) is 19.7. The molecule has 4 nitrogen and oxygen atoms in total. The third-order valence-corrected chi connectivity index (χ3v) is 7.85. The summed E-state index contributed by atoms with van der Waals surface area (Å²) in [6, 6.07) is 12.9. The van der Waals surface area contributed by atoms with E-state index in [1.165, 1.54) is 55.2 Å². The molecule has 2 aromatic carbocycles. The van der Waals surface area contributed by atoms with E-state index < -0.39 is 0 Å². The van der Waals surface area contributed by atoms with Crippen molar-refractivity contribution in [2.24, 2.45) is 0 Å². The number of nitrogens with zero attached hydrogens (tertiary/aromatic N) is 1. The predicted octanol–water partition coefficient (Wildman–Crippen LogP) is 6.73. The number of hydrogen-bond donors (Lipinski definition) is 3. The lowest BCUT2D eigenvalue weighted by atomic mass is 9.85. The topological polar surface area (TPSA) is 43.1 Å². The number of halogens is 2. The average Bonchev–Trinajstić information content (AvgIpc) is 3.36. The van der Waals surface area contributed by atoms with Gasteiger partial charge in [0.15, 0.2) is 5.11 Å². The molecule has 156 valence electrons. The summed E-state index contributed by atoms with van der Waals surface area (Å²) in [6.07, 6.45) is 7.43. The number of nitrogens with one attached hydrogen (secondary N) is 3. The number of rotatable bonds is 3. The Kier molecular flexibility index (Phi) is 5.75. The minimum Gasteiger partial charge on any atom is -0.361 e. The maximum absolute atomic E-state index is 6.18. The van der Waals surface area contributed by atoms with Crippen molar-refractivity contribution in [1.82, 2.24) is 9.88 Å². The smallest absolute Gasteiger partial charge is 0.175 e. The highest BCUT2D eigenvalue weighted by atomic mass is 79.9. The highest BCUT2D eigenvalue weighted by Crippen LogP contribution is 2.39. The lowest BCUT2D eigenvalue weighted by molar-refractivity contribution is 0.181. The van der Waals surface area contributed by atoms with Gasteiger partial charge in [0.1, 0.15) is 0 Å². The lowest BCUT2D eigenvalue weighted by Crippen LogP contribution is -2.37. The van der Waals surface area contributed by atoms with Gasteiger partial charge in [-0.15, -0.1) is 0 Å². The monoisotopic (exact) mass is 502 g/mol. The van der Waals surface area contributed by atoms with E-state index in [0.29, 0.717) is 16.1 Å². The van der Waals surface area contributed by atoms with Crippen LogP contribution in [0.4, 0.5) is 11.4 Å². The van der Waals surface area contributed by atoms with Gasteiger partial charge in [-0.1, -0.05) is 11.6 Å². The van der Waals surface area contributed by atoms with E-state index in [2.05, 4.69) is 60.8 Å². The zero-order valence-electron chi connectivity index (χ0n) is 16.6. The van der Waals surface area contributed by atoms with Gasteiger partial charge in [-0.05, 0) is 115 Å². The lowest BCUT2D eigenvalue weighted by Gasteiger charge is -2.34. The summed E-state index contributed by atoms with van der Waals surface area (Å²) in [5.41, 5.74) is 4.47. The maximum Gasteiger partial charge on any atom is 0.175 e. The summed E-state index contributed by atoms with van der Waals surface area (Å²) in [5.74, 6) is 0.628. The van der Waals surface area contributed by atoms with Crippen molar-refractivity contribution >= 4 is 67.1 Å². The quantitative estimate of drug-likeness (QED) is 0.347. The molecule has 0 aliphatic carbocycles. The standard InChI is InChI=1S/C23H24BrClN4S/c24-20-5-3-16(12-21(20)25)28-23(30)27-15-4-6-22-18(11-15)19(13-26-22)14-7-9-29-8-1-2-17(29)10-14/h3-6,11-14,17,26H,1-2,7-10H2,(H2,27,28,30). The molecule has 2 unspecified atom stereocenters. The fraction of sp³-hybridized carbons (Fsp3) is 0.348. The number of aromatic amines is 1. The SMILES string of the molecule is S=C(Nc1ccc(Br)c(Cl)c1)Nc1ccc2[nH]cc(C3CCN4CCCC4C3)c2c1. The second-order valence-electron chi connectivity index (χ2n) is 8.27. The van der Waals surface area contributed by atoms with Crippen molar-refractivity contribution < 1.29 is 0 Å². The fourth-order valence-electron chi connectivity index (χ4n) is 4.93. The number of anilines is 2. The number of fused-ring (bicyclic) bond motifs is 2. The van der Waals surface area contributed by atoms with Crippen LogP contribution in [-0.4, -0.2) is 34.1 Å². The highest BCUT2D eigenvalue weighted by molar-refractivity contribution is 9.10. The molecule has 1 aromatic heterocycles. The third kappa shape index (κ3) is 4.11. The largest absolute Gasteiger partial charge is 0.361 e. The van der Waals surface area contributed by atoms with Gasteiger partial charge in [-0.2, -0.15) is 0 Å². The van der Waals surface area contributed by atoms with E-state index in [1.807, 2.05) is 18.2 Å². The molecule has 0 saturated carbocycles. The van der Waals surface area contributed by atoms with Crippen LogP contribution in [0.5, 0.6) is 0 Å². The minimum absolute atomic E-state index is 0.545. The molecule has 5 rings (SSSR count). The molecule has 2 aliphatic heterocycles. The number of hydrogen-bond acceptors (Lipinski definition) is 2. The van der Waals surface area contributed by atoms with E-state index in [1.54, 1.807) is 0 Å². The summed E-state index contributed by atoms with van der Waals surface area (Å²) in [5, 5.41) is 9.01. The maximum atomic E-state index is 6.18. The molecule has 3 heterocycles. The summed E-state index contributed by atoms with van der Waals surface area (Å²) in [4.78, 5) is 6.15. The molecular weight excluding hydrogens is 480 g/mol. The van der Waals surface area contributed by atoms with Gasteiger partial charge < -0.3 is 20.5 Å². The van der Waals surface area contributed by atoms with Crippen molar-refractivity contribution in [2.45, 2.75) is 37.6 Å². The van der Waals surface area contributed by atoms with Crippen LogP contribution in [0.3, 0.4) is 0 Å².